The molecule has 1 aliphatic rings. The molecule has 1 amide bonds. The van der Waals surface area contributed by atoms with Crippen LogP contribution in [0.1, 0.15) is 50.9 Å². The van der Waals surface area contributed by atoms with E-state index in [1.807, 2.05) is 26.8 Å². The molecule has 0 unspecified atom stereocenters. The highest BCUT2D eigenvalue weighted by Crippen LogP contribution is 2.28. The molecule has 132 valence electrons. The molecule has 0 saturated carbocycles. The van der Waals surface area contributed by atoms with Crippen LogP contribution in [0.3, 0.4) is 0 Å². The lowest BCUT2D eigenvalue weighted by Gasteiger charge is -2.32. The molecule has 1 fully saturated rings. The number of hydrogen-bond acceptors (Lipinski definition) is 6. The van der Waals surface area contributed by atoms with Crippen molar-refractivity contribution in [3.05, 3.63) is 23.7 Å². The Kier molecular flexibility index (Phi) is 4.49. The van der Waals surface area contributed by atoms with Crippen molar-refractivity contribution in [2.75, 3.05) is 13.1 Å². The van der Waals surface area contributed by atoms with Gasteiger partial charge in [0.1, 0.15) is 17.4 Å². The highest BCUT2D eigenvalue weighted by Gasteiger charge is 2.30. The quantitative estimate of drug-likeness (QED) is 0.898. The largest absolute Gasteiger partial charge is 0.444 e. The van der Waals surface area contributed by atoms with E-state index >= 15 is 0 Å². The minimum atomic E-state index is -0.518. The van der Waals surface area contributed by atoms with Gasteiger partial charge in [-0.1, -0.05) is 5.16 Å². The van der Waals surface area contributed by atoms with E-state index in [2.05, 4.69) is 15.1 Å². The van der Waals surface area contributed by atoms with Crippen LogP contribution in [0, 0.1) is 11.3 Å². The molecular formula is C17H21N5O3. The van der Waals surface area contributed by atoms with Crippen molar-refractivity contribution >= 4 is 6.09 Å². The van der Waals surface area contributed by atoms with Gasteiger partial charge in [0, 0.05) is 25.2 Å². The minimum Gasteiger partial charge on any atom is -0.444 e. The molecular weight excluding hydrogens is 322 g/mol. The summed E-state index contributed by atoms with van der Waals surface area (Å²) >= 11 is 0. The number of ether oxygens (including phenoxy) is 1. The summed E-state index contributed by atoms with van der Waals surface area (Å²) in [6, 6.07) is 3.70. The number of carbonyl (C=O) groups excluding carboxylic acids is 1. The molecule has 0 aromatic carbocycles. The fourth-order valence-electron chi connectivity index (χ4n) is 2.77. The average molecular weight is 343 g/mol. The third-order valence-corrected chi connectivity index (χ3v) is 3.92. The fourth-order valence-corrected chi connectivity index (χ4v) is 2.77. The number of piperidine rings is 1. The maximum Gasteiger partial charge on any atom is 0.410 e. The van der Waals surface area contributed by atoms with Gasteiger partial charge in [-0.25, -0.2) is 4.79 Å². The molecule has 1 N–H and O–H groups in total. The molecule has 0 bridgehead atoms. The molecule has 1 aliphatic heterocycles. The summed E-state index contributed by atoms with van der Waals surface area (Å²) in [4.78, 5) is 21.3. The highest BCUT2D eigenvalue weighted by molar-refractivity contribution is 5.68. The number of likely N-dealkylation sites (tertiary alicyclic amines) is 1. The van der Waals surface area contributed by atoms with E-state index in [1.54, 1.807) is 17.2 Å². The zero-order valence-electron chi connectivity index (χ0n) is 14.6. The summed E-state index contributed by atoms with van der Waals surface area (Å²) in [5.74, 6) is 0.909. The predicted molar refractivity (Wildman–Crippen MR) is 88.6 cm³/mol. The number of aromatic nitrogens is 3. The second kappa shape index (κ2) is 6.59. The van der Waals surface area contributed by atoms with Crippen molar-refractivity contribution in [2.45, 2.75) is 45.1 Å². The van der Waals surface area contributed by atoms with Gasteiger partial charge in [0.15, 0.2) is 5.82 Å². The lowest BCUT2D eigenvalue weighted by atomic mass is 9.98. The van der Waals surface area contributed by atoms with Gasteiger partial charge in [0.2, 0.25) is 0 Å². The number of nitrogens with zero attached hydrogens (tertiary/aromatic N) is 4. The third kappa shape index (κ3) is 3.99. The average Bonchev–Trinajstić information content (AvgIpc) is 3.22. The number of nitrogens with one attached hydrogen (secondary N) is 1. The number of hydrogen-bond donors (Lipinski definition) is 1. The van der Waals surface area contributed by atoms with E-state index in [9.17, 15) is 4.79 Å². The summed E-state index contributed by atoms with van der Waals surface area (Å²) in [5.41, 5.74) is 0.591. The van der Waals surface area contributed by atoms with Crippen LogP contribution >= 0.6 is 0 Å². The van der Waals surface area contributed by atoms with Crippen LogP contribution in [0.15, 0.2) is 16.8 Å². The molecule has 2 aromatic rings. The van der Waals surface area contributed by atoms with Crippen LogP contribution < -0.4 is 0 Å². The summed E-state index contributed by atoms with van der Waals surface area (Å²) in [5, 5.41) is 12.9. The first-order chi connectivity index (χ1) is 11.9. The number of amides is 1. The Morgan fingerprint density at radius 2 is 2.32 bits per heavy atom. The molecule has 8 heteroatoms. The molecule has 1 atom stereocenters. The van der Waals surface area contributed by atoms with Crippen LogP contribution in [0.25, 0.3) is 11.6 Å². The van der Waals surface area contributed by atoms with E-state index in [0.717, 1.165) is 12.8 Å². The van der Waals surface area contributed by atoms with Crippen molar-refractivity contribution in [1.29, 1.82) is 5.26 Å². The highest BCUT2D eigenvalue weighted by atomic mass is 16.6. The molecule has 1 saturated heterocycles. The molecule has 2 aromatic heterocycles. The SMILES string of the molecule is CC(C)(C)OC(=O)N1CCC[C@H](c2noc(-c3cc(C#N)c[nH]3)n2)C1. The topological polar surface area (TPSA) is 108 Å². The van der Waals surface area contributed by atoms with Crippen molar-refractivity contribution in [3.63, 3.8) is 0 Å². The molecule has 3 heterocycles. The maximum atomic E-state index is 12.3. The van der Waals surface area contributed by atoms with Gasteiger partial charge in [-0.3, -0.25) is 0 Å². The standard InChI is InChI=1S/C17H21N5O3/c1-17(2,3)24-16(23)22-6-4-5-12(10-22)14-20-15(25-21-14)13-7-11(8-18)9-19-13/h7,9,12,19H,4-6,10H2,1-3H3/t12-/m0/s1. The first-order valence-electron chi connectivity index (χ1n) is 8.26. The smallest absolute Gasteiger partial charge is 0.410 e. The van der Waals surface area contributed by atoms with Crippen LogP contribution in [0.4, 0.5) is 4.79 Å². The molecule has 25 heavy (non-hydrogen) atoms. The van der Waals surface area contributed by atoms with Gasteiger partial charge in [-0.2, -0.15) is 10.2 Å². The number of H-pyrrole nitrogens is 1. The summed E-state index contributed by atoms with van der Waals surface area (Å²) in [6.45, 7) is 6.72. The lowest BCUT2D eigenvalue weighted by Crippen LogP contribution is -2.42. The Labute approximate surface area is 145 Å². The van der Waals surface area contributed by atoms with Crippen molar-refractivity contribution < 1.29 is 14.1 Å². The summed E-state index contributed by atoms with van der Waals surface area (Å²) < 4.78 is 10.7. The summed E-state index contributed by atoms with van der Waals surface area (Å²) in [7, 11) is 0. The van der Waals surface area contributed by atoms with E-state index in [0.29, 0.717) is 36.1 Å². The van der Waals surface area contributed by atoms with Crippen LogP contribution in [-0.2, 0) is 4.74 Å². The van der Waals surface area contributed by atoms with Crippen LogP contribution in [0.2, 0.25) is 0 Å². The Hall–Kier alpha value is -2.82. The van der Waals surface area contributed by atoms with E-state index < -0.39 is 5.60 Å². The number of nitriles is 1. The monoisotopic (exact) mass is 343 g/mol. The van der Waals surface area contributed by atoms with E-state index in [4.69, 9.17) is 14.5 Å². The molecule has 8 nitrogen and oxygen atoms in total. The Morgan fingerprint density at radius 1 is 1.52 bits per heavy atom. The molecule has 0 spiro atoms. The van der Waals surface area contributed by atoms with Crippen LogP contribution in [-0.4, -0.2) is 44.8 Å². The van der Waals surface area contributed by atoms with Crippen molar-refractivity contribution in [2.24, 2.45) is 0 Å². The maximum absolute atomic E-state index is 12.3. The van der Waals surface area contributed by atoms with Crippen molar-refractivity contribution in [3.8, 4) is 17.7 Å². The second-order valence-electron chi connectivity index (χ2n) is 7.14. The first-order valence-corrected chi connectivity index (χ1v) is 8.26. The Morgan fingerprint density at radius 3 is 3.00 bits per heavy atom. The van der Waals surface area contributed by atoms with Gasteiger partial charge in [0.25, 0.3) is 5.89 Å². The van der Waals surface area contributed by atoms with Gasteiger partial charge in [-0.05, 0) is 39.7 Å². The number of aromatic amines is 1. The minimum absolute atomic E-state index is 0.00386. The number of carbonyl (C=O) groups is 1. The fraction of sp³-hybridized carbons (Fsp3) is 0.529. The zero-order valence-corrected chi connectivity index (χ0v) is 14.6. The Bertz CT molecular complexity index is 796. The van der Waals surface area contributed by atoms with Gasteiger partial charge >= 0.3 is 6.09 Å². The predicted octanol–water partition coefficient (Wildman–Crippen LogP) is 3.05. The molecule has 3 rings (SSSR count). The van der Waals surface area contributed by atoms with Gasteiger partial charge in [0.05, 0.1) is 5.56 Å². The molecule has 0 aliphatic carbocycles. The van der Waals surface area contributed by atoms with Gasteiger partial charge < -0.3 is 19.1 Å². The summed E-state index contributed by atoms with van der Waals surface area (Å²) in [6.07, 6.45) is 3.01. The van der Waals surface area contributed by atoms with E-state index in [1.165, 1.54) is 0 Å². The van der Waals surface area contributed by atoms with Gasteiger partial charge in [-0.15, -0.1) is 0 Å². The normalized spacial score (nSPS) is 18.0. The lowest BCUT2D eigenvalue weighted by molar-refractivity contribution is 0.0195. The third-order valence-electron chi connectivity index (χ3n) is 3.92. The first kappa shape index (κ1) is 17.0. The number of rotatable bonds is 2. The van der Waals surface area contributed by atoms with Crippen molar-refractivity contribution in [1.82, 2.24) is 20.0 Å². The molecule has 0 radical (unpaired) electrons. The Balaban J connectivity index is 1.70. The van der Waals surface area contributed by atoms with Crippen LogP contribution in [0.5, 0.6) is 0 Å². The van der Waals surface area contributed by atoms with E-state index in [-0.39, 0.29) is 12.0 Å². The zero-order chi connectivity index (χ0) is 18.0. The second-order valence-corrected chi connectivity index (χ2v) is 7.14.